The van der Waals surface area contributed by atoms with Gasteiger partial charge in [0.05, 0.1) is 5.69 Å². The zero-order valence-corrected chi connectivity index (χ0v) is 15.0. The van der Waals surface area contributed by atoms with Gasteiger partial charge in [-0.05, 0) is 80.5 Å². The molecule has 5 heteroatoms. The van der Waals surface area contributed by atoms with Crippen LogP contribution in [0, 0.1) is 23.6 Å². The van der Waals surface area contributed by atoms with Crippen molar-refractivity contribution in [2.24, 2.45) is 17.8 Å². The van der Waals surface area contributed by atoms with Crippen molar-refractivity contribution in [3.63, 3.8) is 0 Å². The summed E-state index contributed by atoms with van der Waals surface area (Å²) >= 11 is 1.62. The Kier molecular flexibility index (Phi) is 3.63. The van der Waals surface area contributed by atoms with E-state index in [0.717, 1.165) is 39.8 Å². The number of nitrogens with zero attached hydrogens (tertiary/aromatic N) is 1. The summed E-state index contributed by atoms with van der Waals surface area (Å²) in [5.41, 5.74) is 8.22. The maximum Gasteiger partial charge on any atom is 0.166 e. The molecule has 0 radical (unpaired) electrons. The van der Waals surface area contributed by atoms with E-state index in [1.165, 1.54) is 50.7 Å². The SMILES string of the molecule is Nc1c(CSc2ccc(F)cc2)noc1C12CC3CC(CC(C3)C1)C2. The van der Waals surface area contributed by atoms with Crippen LogP contribution in [0.25, 0.3) is 0 Å². The van der Waals surface area contributed by atoms with Gasteiger partial charge in [-0.1, -0.05) is 5.16 Å². The van der Waals surface area contributed by atoms with E-state index in [1.54, 1.807) is 23.9 Å². The van der Waals surface area contributed by atoms with Gasteiger partial charge in [0, 0.05) is 16.1 Å². The summed E-state index contributed by atoms with van der Waals surface area (Å²) in [6, 6.07) is 6.54. The van der Waals surface area contributed by atoms with Gasteiger partial charge in [0.1, 0.15) is 11.5 Å². The van der Waals surface area contributed by atoms with Crippen LogP contribution in [0.5, 0.6) is 0 Å². The first-order valence-electron chi connectivity index (χ1n) is 9.24. The van der Waals surface area contributed by atoms with Crippen LogP contribution in [0.2, 0.25) is 0 Å². The van der Waals surface area contributed by atoms with Gasteiger partial charge in [-0.2, -0.15) is 0 Å². The average molecular weight is 358 g/mol. The average Bonchev–Trinajstić information content (AvgIpc) is 2.95. The summed E-state index contributed by atoms with van der Waals surface area (Å²) < 4.78 is 18.9. The number of nitrogens with two attached hydrogens (primary N) is 1. The molecule has 25 heavy (non-hydrogen) atoms. The quantitative estimate of drug-likeness (QED) is 0.767. The van der Waals surface area contributed by atoms with E-state index in [9.17, 15) is 4.39 Å². The third-order valence-corrected chi connectivity index (χ3v) is 7.54. The number of nitrogen functional groups attached to an aromatic ring is 1. The van der Waals surface area contributed by atoms with Crippen LogP contribution in [0.1, 0.15) is 50.0 Å². The Hall–Kier alpha value is -1.49. The molecule has 0 atom stereocenters. The molecule has 0 unspecified atom stereocenters. The topological polar surface area (TPSA) is 52.0 Å². The van der Waals surface area contributed by atoms with Gasteiger partial charge in [0.15, 0.2) is 5.76 Å². The van der Waals surface area contributed by atoms with Crippen LogP contribution >= 0.6 is 11.8 Å². The number of hydrogen-bond donors (Lipinski definition) is 1. The summed E-state index contributed by atoms with van der Waals surface area (Å²) in [4.78, 5) is 1.01. The fourth-order valence-electron chi connectivity index (χ4n) is 5.89. The highest BCUT2D eigenvalue weighted by atomic mass is 32.2. The number of thioether (sulfide) groups is 1. The van der Waals surface area contributed by atoms with Crippen molar-refractivity contribution in [3.05, 3.63) is 41.5 Å². The lowest BCUT2D eigenvalue weighted by Gasteiger charge is -2.55. The molecule has 2 aromatic rings. The molecule has 132 valence electrons. The third kappa shape index (κ3) is 2.67. The summed E-state index contributed by atoms with van der Waals surface area (Å²) in [6.45, 7) is 0. The highest BCUT2D eigenvalue weighted by Gasteiger charge is 2.54. The molecule has 4 saturated carbocycles. The maximum absolute atomic E-state index is 13.0. The molecule has 4 aliphatic carbocycles. The molecule has 0 spiro atoms. The molecule has 4 bridgehead atoms. The largest absolute Gasteiger partial charge is 0.394 e. The van der Waals surface area contributed by atoms with Gasteiger partial charge in [-0.15, -0.1) is 11.8 Å². The van der Waals surface area contributed by atoms with Crippen molar-refractivity contribution >= 4 is 17.4 Å². The van der Waals surface area contributed by atoms with Gasteiger partial charge in [-0.25, -0.2) is 4.39 Å². The minimum absolute atomic E-state index is 0.143. The predicted octanol–water partition coefficient (Wildman–Crippen LogP) is 5.16. The lowest BCUT2D eigenvalue weighted by atomic mass is 9.49. The first-order valence-corrected chi connectivity index (χ1v) is 10.2. The van der Waals surface area contributed by atoms with Crippen LogP contribution in [0.4, 0.5) is 10.1 Å². The zero-order valence-electron chi connectivity index (χ0n) is 14.2. The molecule has 2 N–H and O–H groups in total. The van der Waals surface area contributed by atoms with Gasteiger partial charge >= 0.3 is 0 Å². The number of benzene rings is 1. The van der Waals surface area contributed by atoms with Gasteiger partial charge < -0.3 is 10.3 Å². The Labute approximate surface area is 151 Å². The van der Waals surface area contributed by atoms with E-state index >= 15 is 0 Å². The van der Waals surface area contributed by atoms with Crippen LogP contribution in [-0.4, -0.2) is 5.16 Å². The molecule has 0 amide bonds. The molecule has 6 rings (SSSR count). The molecular formula is C20H23FN2OS. The second-order valence-corrected chi connectivity index (χ2v) is 9.36. The Balaban J connectivity index is 1.37. The lowest BCUT2D eigenvalue weighted by Crippen LogP contribution is -2.48. The van der Waals surface area contributed by atoms with E-state index in [2.05, 4.69) is 5.16 Å². The predicted molar refractivity (Wildman–Crippen MR) is 96.7 cm³/mol. The molecule has 3 nitrogen and oxygen atoms in total. The van der Waals surface area contributed by atoms with Gasteiger partial charge in [0.25, 0.3) is 0 Å². The first-order chi connectivity index (χ1) is 12.1. The normalized spacial score (nSPS) is 33.1. The molecule has 1 aromatic heterocycles. The second-order valence-electron chi connectivity index (χ2n) is 8.31. The standard InChI is InChI=1S/C20H23FN2OS/c21-15-1-3-16(4-2-15)25-11-17-18(22)19(24-23-17)20-8-12-5-13(9-20)7-14(6-12)10-20/h1-4,12-14H,5-11,22H2. The van der Waals surface area contributed by atoms with Crippen LogP contribution in [0.3, 0.4) is 0 Å². The lowest BCUT2D eigenvalue weighted by molar-refractivity contribution is -0.0171. The first kappa shape index (κ1) is 15.7. The van der Waals surface area contributed by atoms with Crippen molar-refractivity contribution in [3.8, 4) is 0 Å². The summed E-state index contributed by atoms with van der Waals surface area (Å²) in [5, 5.41) is 4.31. The molecule has 4 aliphatic rings. The van der Waals surface area contributed by atoms with Gasteiger partial charge in [-0.3, -0.25) is 0 Å². The third-order valence-electron chi connectivity index (χ3n) is 6.51. The zero-order chi connectivity index (χ0) is 17.0. The van der Waals surface area contributed by atoms with Crippen molar-refractivity contribution in [1.82, 2.24) is 5.16 Å². The highest BCUT2D eigenvalue weighted by Crippen LogP contribution is 2.61. The second kappa shape index (κ2) is 5.76. The van der Waals surface area contributed by atoms with Crippen LogP contribution < -0.4 is 5.73 Å². The van der Waals surface area contributed by atoms with Crippen LogP contribution in [-0.2, 0) is 11.2 Å². The molecule has 0 aliphatic heterocycles. The number of hydrogen-bond acceptors (Lipinski definition) is 4. The summed E-state index contributed by atoms with van der Waals surface area (Å²) in [7, 11) is 0. The fourth-order valence-corrected chi connectivity index (χ4v) is 6.73. The van der Waals surface area contributed by atoms with E-state index < -0.39 is 0 Å². The number of halogens is 1. The Bertz CT molecular complexity index is 750. The van der Waals surface area contributed by atoms with Crippen LogP contribution in [0.15, 0.2) is 33.7 Å². The van der Waals surface area contributed by atoms with Crippen molar-refractivity contribution in [1.29, 1.82) is 0 Å². The van der Waals surface area contributed by atoms with Gasteiger partial charge in [0.2, 0.25) is 0 Å². The Morgan fingerprint density at radius 2 is 1.68 bits per heavy atom. The van der Waals surface area contributed by atoms with Crippen molar-refractivity contribution in [2.75, 3.05) is 5.73 Å². The monoisotopic (exact) mass is 358 g/mol. The summed E-state index contributed by atoms with van der Waals surface area (Å²) in [6.07, 6.45) is 7.89. The van der Waals surface area contributed by atoms with E-state index in [-0.39, 0.29) is 11.2 Å². The molecule has 0 saturated heterocycles. The van der Waals surface area contributed by atoms with E-state index in [0.29, 0.717) is 5.75 Å². The molecule has 1 heterocycles. The fraction of sp³-hybridized carbons (Fsp3) is 0.550. The van der Waals surface area contributed by atoms with E-state index in [4.69, 9.17) is 10.3 Å². The molecular weight excluding hydrogens is 335 g/mol. The highest BCUT2D eigenvalue weighted by molar-refractivity contribution is 7.98. The number of rotatable bonds is 4. The Morgan fingerprint density at radius 1 is 1.08 bits per heavy atom. The Morgan fingerprint density at radius 3 is 2.28 bits per heavy atom. The summed E-state index contributed by atoms with van der Waals surface area (Å²) in [5.74, 6) is 3.97. The van der Waals surface area contributed by atoms with E-state index in [1.807, 2.05) is 0 Å². The number of anilines is 1. The number of aromatic nitrogens is 1. The maximum atomic E-state index is 13.0. The molecule has 4 fully saturated rings. The smallest absolute Gasteiger partial charge is 0.166 e. The van der Waals surface area contributed by atoms with Crippen molar-refractivity contribution < 1.29 is 8.91 Å². The van der Waals surface area contributed by atoms with Crippen molar-refractivity contribution in [2.45, 2.75) is 54.6 Å². The molecule has 1 aromatic carbocycles. The minimum Gasteiger partial charge on any atom is -0.394 e. The minimum atomic E-state index is -0.214.